The van der Waals surface area contributed by atoms with Gasteiger partial charge in [0.1, 0.15) is 22.6 Å². The first kappa shape index (κ1) is 25.0. The molecule has 1 N–H and O–H groups in total. The first-order valence-electron chi connectivity index (χ1n) is 11.3. The quantitative estimate of drug-likeness (QED) is 0.303. The fraction of sp³-hybridized carbons (Fsp3) is 0.370. The molecular formula is C27H31NO6. The third kappa shape index (κ3) is 6.04. The number of amides is 1. The fourth-order valence-corrected chi connectivity index (χ4v) is 3.37. The highest BCUT2D eigenvalue weighted by Gasteiger charge is 2.20. The molecule has 1 atom stereocenters. The van der Waals surface area contributed by atoms with E-state index in [-0.39, 0.29) is 35.0 Å². The normalized spacial score (nSPS) is 12.3. The standard InChI is InChI=1S/C27H31NO6/c1-7-17(3)28-25(30)20-13-18-9-10-19(14-23(18)34-26(20)31)33-24(29)15-32-22-11-8-16(2)12-21(22)27(4,5)6/h8-14,17H,7,15H2,1-6H3,(H,28,30). The second kappa shape index (κ2) is 10.1. The van der Waals surface area contributed by atoms with Crippen molar-refractivity contribution in [2.45, 2.75) is 59.4 Å². The molecule has 180 valence electrons. The van der Waals surface area contributed by atoms with Crippen LogP contribution < -0.4 is 20.4 Å². The maximum absolute atomic E-state index is 12.4. The zero-order valence-corrected chi connectivity index (χ0v) is 20.5. The van der Waals surface area contributed by atoms with Crippen LogP contribution in [0, 0.1) is 6.92 Å². The van der Waals surface area contributed by atoms with Gasteiger partial charge in [0.2, 0.25) is 0 Å². The summed E-state index contributed by atoms with van der Waals surface area (Å²) >= 11 is 0. The van der Waals surface area contributed by atoms with E-state index < -0.39 is 17.5 Å². The Hall–Kier alpha value is -3.61. The lowest BCUT2D eigenvalue weighted by Crippen LogP contribution is -2.34. The van der Waals surface area contributed by atoms with Crippen LogP contribution in [-0.4, -0.2) is 24.5 Å². The van der Waals surface area contributed by atoms with Gasteiger partial charge in [0.25, 0.3) is 5.91 Å². The summed E-state index contributed by atoms with van der Waals surface area (Å²) in [5.41, 5.74) is 1.35. The van der Waals surface area contributed by atoms with Crippen LogP contribution in [0.25, 0.3) is 11.0 Å². The third-order valence-electron chi connectivity index (χ3n) is 5.46. The van der Waals surface area contributed by atoms with Crippen LogP contribution in [0.1, 0.15) is 62.5 Å². The second-order valence-corrected chi connectivity index (χ2v) is 9.44. The van der Waals surface area contributed by atoms with E-state index in [1.165, 1.54) is 12.1 Å². The number of esters is 1. The Balaban J connectivity index is 1.72. The first-order valence-corrected chi connectivity index (χ1v) is 11.3. The molecule has 0 aliphatic heterocycles. The van der Waals surface area contributed by atoms with E-state index in [4.69, 9.17) is 13.9 Å². The smallest absolute Gasteiger partial charge is 0.349 e. The number of fused-ring (bicyclic) bond motifs is 1. The first-order chi connectivity index (χ1) is 16.0. The monoisotopic (exact) mass is 465 g/mol. The minimum absolute atomic E-state index is 0.0639. The summed E-state index contributed by atoms with van der Waals surface area (Å²) in [6.45, 7) is 11.8. The molecule has 0 radical (unpaired) electrons. The average Bonchev–Trinajstić information content (AvgIpc) is 2.76. The minimum Gasteiger partial charge on any atom is -0.482 e. The molecule has 1 heterocycles. The molecule has 1 unspecified atom stereocenters. The summed E-state index contributed by atoms with van der Waals surface area (Å²) in [6.07, 6.45) is 0.741. The largest absolute Gasteiger partial charge is 0.482 e. The summed E-state index contributed by atoms with van der Waals surface area (Å²) in [6, 6.07) is 11.9. The lowest BCUT2D eigenvalue weighted by molar-refractivity contribution is -0.136. The number of ether oxygens (including phenoxy) is 2. The number of hydrogen-bond acceptors (Lipinski definition) is 6. The summed E-state index contributed by atoms with van der Waals surface area (Å²) in [4.78, 5) is 37.0. The summed E-state index contributed by atoms with van der Waals surface area (Å²) in [5, 5.41) is 3.29. The summed E-state index contributed by atoms with van der Waals surface area (Å²) in [7, 11) is 0. The van der Waals surface area contributed by atoms with Crippen molar-refractivity contribution in [2.75, 3.05) is 6.61 Å². The Morgan fingerprint density at radius 3 is 2.50 bits per heavy atom. The highest BCUT2D eigenvalue weighted by molar-refractivity contribution is 5.97. The van der Waals surface area contributed by atoms with E-state index in [0.29, 0.717) is 11.1 Å². The van der Waals surface area contributed by atoms with Crippen LogP contribution in [0.2, 0.25) is 0 Å². The van der Waals surface area contributed by atoms with Gasteiger partial charge in [-0.05, 0) is 55.5 Å². The summed E-state index contributed by atoms with van der Waals surface area (Å²) in [5.74, 6) is -0.237. The molecule has 0 fully saturated rings. The molecule has 3 aromatic rings. The van der Waals surface area contributed by atoms with Crippen LogP contribution in [0.3, 0.4) is 0 Å². The molecule has 1 amide bonds. The lowest BCUT2D eigenvalue weighted by atomic mass is 9.85. The maximum Gasteiger partial charge on any atom is 0.349 e. The number of hydrogen-bond donors (Lipinski definition) is 1. The van der Waals surface area contributed by atoms with Crippen molar-refractivity contribution in [2.24, 2.45) is 0 Å². The molecule has 3 rings (SSSR count). The van der Waals surface area contributed by atoms with E-state index in [2.05, 4.69) is 26.1 Å². The Bertz CT molecular complexity index is 1270. The van der Waals surface area contributed by atoms with E-state index in [0.717, 1.165) is 17.5 Å². The molecule has 0 bridgehead atoms. The number of carbonyl (C=O) groups excluding carboxylic acids is 2. The van der Waals surface area contributed by atoms with Gasteiger partial charge >= 0.3 is 11.6 Å². The van der Waals surface area contributed by atoms with Crippen molar-refractivity contribution in [3.8, 4) is 11.5 Å². The molecule has 0 saturated carbocycles. The Labute approximate surface area is 199 Å². The lowest BCUT2D eigenvalue weighted by Gasteiger charge is -2.23. The Morgan fingerprint density at radius 2 is 1.82 bits per heavy atom. The van der Waals surface area contributed by atoms with Gasteiger partial charge in [-0.2, -0.15) is 0 Å². The van der Waals surface area contributed by atoms with E-state index in [1.54, 1.807) is 12.1 Å². The Morgan fingerprint density at radius 1 is 1.09 bits per heavy atom. The van der Waals surface area contributed by atoms with Gasteiger partial charge in [0.15, 0.2) is 6.61 Å². The maximum atomic E-state index is 12.4. The molecule has 0 aliphatic carbocycles. The molecule has 0 spiro atoms. The van der Waals surface area contributed by atoms with Gasteiger partial charge < -0.3 is 19.2 Å². The van der Waals surface area contributed by atoms with Crippen molar-refractivity contribution in [1.82, 2.24) is 5.32 Å². The molecule has 0 aliphatic rings. The number of aryl methyl sites for hydroxylation is 1. The van der Waals surface area contributed by atoms with Crippen molar-refractivity contribution in [1.29, 1.82) is 0 Å². The second-order valence-electron chi connectivity index (χ2n) is 9.44. The van der Waals surface area contributed by atoms with Gasteiger partial charge in [-0.25, -0.2) is 9.59 Å². The van der Waals surface area contributed by atoms with Gasteiger partial charge in [-0.3, -0.25) is 4.79 Å². The van der Waals surface area contributed by atoms with Crippen LogP contribution in [-0.2, 0) is 10.2 Å². The van der Waals surface area contributed by atoms with Crippen molar-refractivity contribution in [3.63, 3.8) is 0 Å². The molecule has 34 heavy (non-hydrogen) atoms. The molecule has 1 aromatic heterocycles. The van der Waals surface area contributed by atoms with Crippen molar-refractivity contribution >= 4 is 22.8 Å². The molecule has 7 nitrogen and oxygen atoms in total. The van der Waals surface area contributed by atoms with Crippen molar-refractivity contribution in [3.05, 3.63) is 69.6 Å². The highest BCUT2D eigenvalue weighted by atomic mass is 16.6. The van der Waals surface area contributed by atoms with Crippen LogP contribution in [0.4, 0.5) is 0 Å². The van der Waals surface area contributed by atoms with E-state index in [1.807, 2.05) is 39.0 Å². The van der Waals surface area contributed by atoms with Gasteiger partial charge in [0.05, 0.1) is 0 Å². The van der Waals surface area contributed by atoms with Gasteiger partial charge in [-0.1, -0.05) is 45.4 Å². The predicted octanol–water partition coefficient (Wildman–Crippen LogP) is 4.91. The Kier molecular flexibility index (Phi) is 7.44. The SMILES string of the molecule is CCC(C)NC(=O)c1cc2ccc(OC(=O)COc3ccc(C)cc3C(C)(C)C)cc2oc1=O. The predicted molar refractivity (Wildman–Crippen MR) is 131 cm³/mol. The number of rotatable bonds is 7. The van der Waals surface area contributed by atoms with E-state index >= 15 is 0 Å². The van der Waals surface area contributed by atoms with Gasteiger partial charge in [0, 0.05) is 17.5 Å². The van der Waals surface area contributed by atoms with Gasteiger partial charge in [-0.15, -0.1) is 0 Å². The van der Waals surface area contributed by atoms with Crippen LogP contribution in [0.5, 0.6) is 11.5 Å². The van der Waals surface area contributed by atoms with E-state index in [9.17, 15) is 14.4 Å². The molecule has 7 heteroatoms. The van der Waals surface area contributed by atoms with Crippen LogP contribution >= 0.6 is 0 Å². The number of benzene rings is 2. The third-order valence-corrected chi connectivity index (χ3v) is 5.46. The average molecular weight is 466 g/mol. The fourth-order valence-electron chi connectivity index (χ4n) is 3.37. The highest BCUT2D eigenvalue weighted by Crippen LogP contribution is 2.32. The number of nitrogens with one attached hydrogen (secondary N) is 1. The summed E-state index contributed by atoms with van der Waals surface area (Å²) < 4.78 is 16.4. The topological polar surface area (TPSA) is 94.8 Å². The zero-order valence-electron chi connectivity index (χ0n) is 20.5. The molecule has 0 saturated heterocycles. The molecule has 2 aromatic carbocycles. The number of carbonyl (C=O) groups is 2. The minimum atomic E-state index is -0.755. The van der Waals surface area contributed by atoms with Crippen LogP contribution in [0.15, 0.2) is 51.7 Å². The molecular weight excluding hydrogens is 434 g/mol. The zero-order chi connectivity index (χ0) is 25.0. The van der Waals surface area contributed by atoms with Crippen molar-refractivity contribution < 1.29 is 23.5 Å².